The molecular weight excluding hydrogens is 633 g/mol. The first-order valence-corrected chi connectivity index (χ1v) is 17.6. The fourth-order valence-electron chi connectivity index (χ4n) is 7.49. The Bertz CT molecular complexity index is 2730. The van der Waals surface area contributed by atoms with Gasteiger partial charge in [-0.05, 0) is 64.7 Å². The van der Waals surface area contributed by atoms with Crippen LogP contribution in [-0.2, 0) is 0 Å². The number of benzene rings is 7. The Morgan fingerprint density at radius 1 is 0.385 bits per heavy atom. The number of fused-ring (bicyclic) bond motifs is 5. The van der Waals surface area contributed by atoms with E-state index >= 15 is 0 Å². The van der Waals surface area contributed by atoms with Crippen molar-refractivity contribution in [3.05, 3.63) is 193 Å². The third-order valence-electron chi connectivity index (χ3n) is 9.95. The van der Waals surface area contributed by atoms with Gasteiger partial charge in [-0.3, -0.25) is 4.90 Å². The van der Waals surface area contributed by atoms with Crippen LogP contribution < -0.4 is 4.90 Å². The molecular formula is C48H32N4. The summed E-state index contributed by atoms with van der Waals surface area (Å²) in [6.07, 6.45) is 4.44. The van der Waals surface area contributed by atoms with Crippen LogP contribution in [0.15, 0.2) is 182 Å². The van der Waals surface area contributed by atoms with Gasteiger partial charge in [-0.25, -0.2) is 9.97 Å². The second-order valence-corrected chi connectivity index (χ2v) is 13.1. The summed E-state index contributed by atoms with van der Waals surface area (Å²) in [5.74, 6) is 1.50. The molecule has 0 aliphatic carbocycles. The van der Waals surface area contributed by atoms with Crippen molar-refractivity contribution in [3.63, 3.8) is 0 Å². The van der Waals surface area contributed by atoms with Crippen molar-refractivity contribution in [1.29, 1.82) is 0 Å². The number of hydrogen-bond acceptors (Lipinski definition) is 3. The van der Waals surface area contributed by atoms with Gasteiger partial charge in [-0.15, -0.1) is 0 Å². The van der Waals surface area contributed by atoms with Crippen molar-refractivity contribution in [2.45, 2.75) is 0 Å². The standard InChI is InChI=1S/C48H32N4/c1-4-14-33(15-5-1)42-32-47(50-48(49-42)35-17-6-2-7-18-35)52-43-22-12-10-16-34(43)24-25-38-30-36(27-29-44(38)52)37-26-28-41-40-21-11-13-23-45(40)51(46(41)31-37)39-19-8-3-9-20-39/h1-32H. The lowest BCUT2D eigenvalue weighted by Crippen LogP contribution is -2.14. The molecule has 4 heteroatoms. The maximum Gasteiger partial charge on any atom is 0.162 e. The lowest BCUT2D eigenvalue weighted by molar-refractivity contribution is 1.12. The van der Waals surface area contributed by atoms with Crippen molar-refractivity contribution in [2.24, 2.45) is 0 Å². The van der Waals surface area contributed by atoms with Gasteiger partial charge in [0.25, 0.3) is 0 Å². The SMILES string of the molecule is C1=Cc2cc(-c3ccc4c5ccccc5n(-c5ccccc5)c4c3)ccc2N(c2cc(-c3ccccc3)nc(-c3ccccc3)n2)c2ccccc21. The summed E-state index contributed by atoms with van der Waals surface area (Å²) < 4.78 is 2.37. The van der Waals surface area contributed by atoms with Crippen LogP contribution in [0.3, 0.4) is 0 Å². The second kappa shape index (κ2) is 12.4. The van der Waals surface area contributed by atoms with Crippen LogP contribution in [0.1, 0.15) is 11.1 Å². The Labute approximate surface area is 302 Å². The van der Waals surface area contributed by atoms with E-state index in [9.17, 15) is 0 Å². The maximum absolute atomic E-state index is 5.25. The highest BCUT2D eigenvalue weighted by Gasteiger charge is 2.24. The van der Waals surface area contributed by atoms with Gasteiger partial charge in [0.05, 0.1) is 28.1 Å². The molecule has 0 saturated carbocycles. The van der Waals surface area contributed by atoms with Gasteiger partial charge in [0.15, 0.2) is 5.82 Å². The van der Waals surface area contributed by atoms with Gasteiger partial charge in [-0.1, -0.05) is 146 Å². The van der Waals surface area contributed by atoms with Crippen LogP contribution in [0, 0.1) is 0 Å². The van der Waals surface area contributed by atoms with Gasteiger partial charge in [-0.2, -0.15) is 0 Å². The molecule has 0 atom stereocenters. The topological polar surface area (TPSA) is 34.0 Å². The first-order valence-electron chi connectivity index (χ1n) is 17.6. The van der Waals surface area contributed by atoms with Gasteiger partial charge in [0.1, 0.15) is 5.82 Å². The summed E-state index contributed by atoms with van der Waals surface area (Å²) in [5, 5.41) is 2.49. The number of rotatable bonds is 5. The Balaban J connectivity index is 1.15. The number of hydrogen-bond donors (Lipinski definition) is 0. The number of anilines is 3. The predicted octanol–water partition coefficient (Wildman–Crippen LogP) is 12.5. The molecule has 0 saturated heterocycles. The summed E-state index contributed by atoms with van der Waals surface area (Å²) >= 11 is 0. The van der Waals surface area contributed by atoms with Crippen LogP contribution in [0.5, 0.6) is 0 Å². The molecule has 0 N–H and O–H groups in total. The van der Waals surface area contributed by atoms with Crippen molar-refractivity contribution in [3.8, 4) is 39.5 Å². The van der Waals surface area contributed by atoms with Crippen LogP contribution in [0.2, 0.25) is 0 Å². The molecule has 10 rings (SSSR count). The Morgan fingerprint density at radius 3 is 1.83 bits per heavy atom. The molecule has 1 aliphatic heterocycles. The molecule has 7 aromatic carbocycles. The van der Waals surface area contributed by atoms with Crippen molar-refractivity contribution >= 4 is 51.2 Å². The molecule has 9 aromatic rings. The molecule has 244 valence electrons. The van der Waals surface area contributed by atoms with Crippen molar-refractivity contribution < 1.29 is 0 Å². The van der Waals surface area contributed by atoms with Gasteiger partial charge < -0.3 is 4.57 Å². The molecule has 2 aromatic heterocycles. The normalized spacial score (nSPS) is 12.1. The number of para-hydroxylation sites is 3. The Kier molecular flexibility index (Phi) is 7.10. The second-order valence-electron chi connectivity index (χ2n) is 13.1. The zero-order valence-electron chi connectivity index (χ0n) is 28.3. The molecule has 0 fully saturated rings. The third kappa shape index (κ3) is 5.09. The van der Waals surface area contributed by atoms with E-state index in [0.717, 1.165) is 62.0 Å². The molecule has 1 aliphatic rings. The minimum atomic E-state index is 0.687. The van der Waals surface area contributed by atoms with Crippen LogP contribution in [0.25, 0.3) is 73.4 Å². The fraction of sp³-hybridized carbons (Fsp3) is 0. The lowest BCUT2D eigenvalue weighted by atomic mass is 9.99. The van der Waals surface area contributed by atoms with E-state index in [2.05, 4.69) is 179 Å². The molecule has 0 spiro atoms. The average Bonchev–Trinajstić information content (AvgIpc) is 3.45. The van der Waals surface area contributed by atoms with Crippen LogP contribution in [-0.4, -0.2) is 14.5 Å². The summed E-state index contributed by atoms with van der Waals surface area (Å²) in [5.41, 5.74) is 13.1. The zero-order valence-corrected chi connectivity index (χ0v) is 28.3. The maximum atomic E-state index is 5.25. The van der Waals surface area contributed by atoms with Crippen molar-refractivity contribution in [2.75, 3.05) is 4.90 Å². The van der Waals surface area contributed by atoms with Gasteiger partial charge >= 0.3 is 0 Å². The summed E-state index contributed by atoms with van der Waals surface area (Å²) in [4.78, 5) is 12.6. The van der Waals surface area contributed by atoms with E-state index in [-0.39, 0.29) is 0 Å². The van der Waals surface area contributed by atoms with E-state index in [1.54, 1.807) is 0 Å². The molecule has 0 radical (unpaired) electrons. The molecule has 0 amide bonds. The molecule has 0 unspecified atom stereocenters. The van der Waals surface area contributed by atoms with E-state index < -0.39 is 0 Å². The highest BCUT2D eigenvalue weighted by atomic mass is 15.2. The van der Waals surface area contributed by atoms with Gasteiger partial charge in [0.2, 0.25) is 0 Å². The first-order chi connectivity index (χ1) is 25.8. The highest BCUT2D eigenvalue weighted by Crippen LogP contribution is 2.44. The van der Waals surface area contributed by atoms with Crippen LogP contribution >= 0.6 is 0 Å². The predicted molar refractivity (Wildman–Crippen MR) is 216 cm³/mol. The Hall–Kier alpha value is -7.04. The summed E-state index contributed by atoms with van der Waals surface area (Å²) in [6.45, 7) is 0. The average molecular weight is 665 g/mol. The van der Waals surface area contributed by atoms with E-state index in [4.69, 9.17) is 9.97 Å². The fourth-order valence-corrected chi connectivity index (χ4v) is 7.49. The first kappa shape index (κ1) is 29.8. The monoisotopic (exact) mass is 664 g/mol. The smallest absolute Gasteiger partial charge is 0.162 e. The summed E-state index contributed by atoms with van der Waals surface area (Å²) in [7, 11) is 0. The molecule has 52 heavy (non-hydrogen) atoms. The van der Waals surface area contributed by atoms with E-state index in [1.165, 1.54) is 21.8 Å². The minimum Gasteiger partial charge on any atom is -0.309 e. The van der Waals surface area contributed by atoms with E-state index in [1.807, 2.05) is 24.3 Å². The van der Waals surface area contributed by atoms with E-state index in [0.29, 0.717) is 5.82 Å². The zero-order chi connectivity index (χ0) is 34.4. The number of nitrogens with zero attached hydrogens (tertiary/aromatic N) is 4. The van der Waals surface area contributed by atoms with Crippen LogP contribution in [0.4, 0.5) is 17.2 Å². The molecule has 3 heterocycles. The molecule has 4 nitrogen and oxygen atoms in total. The summed E-state index contributed by atoms with van der Waals surface area (Å²) in [6, 6.07) is 64.1. The lowest BCUT2D eigenvalue weighted by Gasteiger charge is -2.27. The molecule has 0 bridgehead atoms. The largest absolute Gasteiger partial charge is 0.309 e. The van der Waals surface area contributed by atoms with Gasteiger partial charge in [0, 0.05) is 33.7 Å². The van der Waals surface area contributed by atoms with Crippen molar-refractivity contribution in [1.82, 2.24) is 14.5 Å². The Morgan fingerprint density at radius 2 is 1.00 bits per heavy atom. The third-order valence-corrected chi connectivity index (χ3v) is 9.95. The number of aromatic nitrogens is 3. The quantitative estimate of drug-likeness (QED) is 0.184. The minimum absolute atomic E-state index is 0.687. The highest BCUT2D eigenvalue weighted by molar-refractivity contribution is 6.10.